The first-order chi connectivity index (χ1) is 8.08. The molecule has 17 heavy (non-hydrogen) atoms. The second-order valence-corrected chi connectivity index (χ2v) is 5.03. The topological polar surface area (TPSA) is 48.0 Å². The van der Waals surface area contributed by atoms with Gasteiger partial charge in [0.25, 0.3) is 5.91 Å². The van der Waals surface area contributed by atoms with Crippen LogP contribution in [-0.2, 0) is 19.0 Å². The molecule has 0 spiro atoms. The maximum atomic E-state index is 12.2. The summed E-state index contributed by atoms with van der Waals surface area (Å²) in [5.74, 6) is -0.0221. The standard InChI is InChI=1S/C11H19NO4S/c1-7-5-12(3-4-14-7)10(13)9-6-15-8(2)11(17)16-9/h7-9,11,17H,3-6H2,1-2H3/t7?,8-,9?,11?/m0/s1. The molecule has 0 aromatic heterocycles. The summed E-state index contributed by atoms with van der Waals surface area (Å²) in [4.78, 5) is 14.0. The van der Waals surface area contributed by atoms with Crippen LogP contribution in [0.15, 0.2) is 0 Å². The van der Waals surface area contributed by atoms with Crippen LogP contribution in [0.1, 0.15) is 13.8 Å². The summed E-state index contributed by atoms with van der Waals surface area (Å²) in [7, 11) is 0. The van der Waals surface area contributed by atoms with Crippen LogP contribution in [0.4, 0.5) is 0 Å². The summed E-state index contributed by atoms with van der Waals surface area (Å²) in [6.07, 6.45) is -0.520. The Morgan fingerprint density at radius 2 is 2.12 bits per heavy atom. The van der Waals surface area contributed by atoms with Crippen molar-refractivity contribution in [3.63, 3.8) is 0 Å². The van der Waals surface area contributed by atoms with Crippen molar-refractivity contribution < 1.29 is 19.0 Å². The van der Waals surface area contributed by atoms with Gasteiger partial charge in [-0.25, -0.2) is 0 Å². The average molecular weight is 261 g/mol. The van der Waals surface area contributed by atoms with E-state index in [1.165, 1.54) is 0 Å². The number of rotatable bonds is 1. The molecule has 3 unspecified atom stereocenters. The van der Waals surface area contributed by atoms with Crippen LogP contribution < -0.4 is 0 Å². The van der Waals surface area contributed by atoms with Crippen molar-refractivity contribution in [2.45, 2.75) is 37.6 Å². The number of hydrogen-bond acceptors (Lipinski definition) is 5. The Balaban J connectivity index is 1.91. The Hall–Kier alpha value is -0.300. The Labute approximate surface area is 107 Å². The Bertz CT molecular complexity index is 289. The first kappa shape index (κ1) is 13.1. The summed E-state index contributed by atoms with van der Waals surface area (Å²) < 4.78 is 16.4. The minimum Gasteiger partial charge on any atom is -0.375 e. The van der Waals surface area contributed by atoms with Crippen molar-refractivity contribution in [1.82, 2.24) is 4.90 Å². The Morgan fingerprint density at radius 1 is 1.35 bits per heavy atom. The van der Waals surface area contributed by atoms with E-state index in [1.54, 1.807) is 4.90 Å². The van der Waals surface area contributed by atoms with Gasteiger partial charge in [0.15, 0.2) is 6.10 Å². The van der Waals surface area contributed by atoms with Crippen LogP contribution in [0.2, 0.25) is 0 Å². The van der Waals surface area contributed by atoms with Gasteiger partial charge in [-0.2, -0.15) is 0 Å². The molecule has 98 valence electrons. The third-order valence-corrected chi connectivity index (χ3v) is 3.59. The molecule has 0 bridgehead atoms. The van der Waals surface area contributed by atoms with Crippen LogP contribution in [0.3, 0.4) is 0 Å². The maximum absolute atomic E-state index is 12.2. The van der Waals surface area contributed by atoms with Crippen LogP contribution in [0.5, 0.6) is 0 Å². The lowest BCUT2D eigenvalue weighted by Gasteiger charge is -2.37. The number of amides is 1. The number of nitrogens with zero attached hydrogens (tertiary/aromatic N) is 1. The molecule has 6 heteroatoms. The number of thiol groups is 1. The summed E-state index contributed by atoms with van der Waals surface area (Å²) in [5, 5.41) is 0. The zero-order valence-electron chi connectivity index (χ0n) is 10.2. The first-order valence-corrected chi connectivity index (χ1v) is 6.45. The van der Waals surface area contributed by atoms with Gasteiger partial charge in [0, 0.05) is 13.1 Å². The molecular formula is C11H19NO4S. The fourth-order valence-corrected chi connectivity index (χ4v) is 2.22. The van der Waals surface area contributed by atoms with Crippen molar-refractivity contribution in [1.29, 1.82) is 0 Å². The molecule has 0 aromatic rings. The SMILES string of the molecule is CC1CN(C(=O)C2CO[C@@H](C)C(S)O2)CCO1. The molecule has 2 fully saturated rings. The van der Waals surface area contributed by atoms with Gasteiger partial charge in [0.1, 0.15) is 5.44 Å². The Morgan fingerprint density at radius 3 is 2.76 bits per heavy atom. The van der Waals surface area contributed by atoms with E-state index in [0.29, 0.717) is 26.3 Å². The van der Waals surface area contributed by atoms with E-state index in [-0.39, 0.29) is 23.6 Å². The molecule has 5 nitrogen and oxygen atoms in total. The lowest BCUT2D eigenvalue weighted by atomic mass is 10.2. The highest BCUT2D eigenvalue weighted by Crippen LogP contribution is 2.19. The minimum atomic E-state index is -0.529. The third-order valence-electron chi connectivity index (χ3n) is 3.04. The van der Waals surface area contributed by atoms with E-state index in [4.69, 9.17) is 14.2 Å². The quantitative estimate of drug-likeness (QED) is 0.689. The van der Waals surface area contributed by atoms with Gasteiger partial charge in [-0.1, -0.05) is 0 Å². The monoisotopic (exact) mass is 261 g/mol. The lowest BCUT2D eigenvalue weighted by molar-refractivity contribution is -0.177. The molecule has 0 radical (unpaired) electrons. The molecule has 0 aliphatic carbocycles. The van der Waals surface area contributed by atoms with Gasteiger partial charge in [-0.15, -0.1) is 12.6 Å². The van der Waals surface area contributed by atoms with Crippen LogP contribution >= 0.6 is 12.6 Å². The fraction of sp³-hybridized carbons (Fsp3) is 0.909. The predicted molar refractivity (Wildman–Crippen MR) is 65.1 cm³/mol. The molecule has 2 heterocycles. The van der Waals surface area contributed by atoms with Crippen molar-refractivity contribution in [2.24, 2.45) is 0 Å². The molecular weight excluding hydrogens is 242 g/mol. The van der Waals surface area contributed by atoms with Gasteiger partial charge >= 0.3 is 0 Å². The molecule has 2 rings (SSSR count). The van der Waals surface area contributed by atoms with Crippen molar-refractivity contribution in [3.8, 4) is 0 Å². The molecule has 2 aliphatic rings. The van der Waals surface area contributed by atoms with E-state index < -0.39 is 6.10 Å². The maximum Gasteiger partial charge on any atom is 0.254 e. The van der Waals surface area contributed by atoms with Gasteiger partial charge in [-0.05, 0) is 13.8 Å². The normalized spacial score (nSPS) is 39.1. The van der Waals surface area contributed by atoms with Gasteiger partial charge in [-0.3, -0.25) is 4.79 Å². The van der Waals surface area contributed by atoms with Gasteiger partial charge < -0.3 is 19.1 Å². The highest BCUT2D eigenvalue weighted by Gasteiger charge is 2.35. The fourth-order valence-electron chi connectivity index (χ4n) is 1.99. The number of ether oxygens (including phenoxy) is 3. The molecule has 4 atom stereocenters. The average Bonchev–Trinajstić information content (AvgIpc) is 2.32. The number of carbonyl (C=O) groups excluding carboxylic acids is 1. The zero-order chi connectivity index (χ0) is 12.4. The summed E-state index contributed by atoms with van der Waals surface area (Å²) in [5.41, 5.74) is -0.337. The smallest absolute Gasteiger partial charge is 0.254 e. The molecule has 2 saturated heterocycles. The molecule has 2 aliphatic heterocycles. The molecule has 0 aromatic carbocycles. The van der Waals surface area contributed by atoms with E-state index >= 15 is 0 Å². The lowest BCUT2D eigenvalue weighted by Crippen LogP contribution is -2.53. The van der Waals surface area contributed by atoms with Crippen molar-refractivity contribution >= 4 is 18.5 Å². The van der Waals surface area contributed by atoms with Gasteiger partial charge in [0.2, 0.25) is 0 Å². The highest BCUT2D eigenvalue weighted by atomic mass is 32.1. The number of carbonyl (C=O) groups is 1. The van der Waals surface area contributed by atoms with Crippen molar-refractivity contribution in [2.75, 3.05) is 26.3 Å². The van der Waals surface area contributed by atoms with Crippen LogP contribution in [0, 0.1) is 0 Å². The van der Waals surface area contributed by atoms with E-state index in [1.807, 2.05) is 13.8 Å². The van der Waals surface area contributed by atoms with E-state index in [0.717, 1.165) is 0 Å². The van der Waals surface area contributed by atoms with Crippen molar-refractivity contribution in [3.05, 3.63) is 0 Å². The second-order valence-electron chi connectivity index (χ2n) is 4.52. The second kappa shape index (κ2) is 5.56. The highest BCUT2D eigenvalue weighted by molar-refractivity contribution is 7.80. The minimum absolute atomic E-state index is 0.0221. The third kappa shape index (κ3) is 3.13. The number of hydrogen-bond donors (Lipinski definition) is 1. The number of morpholine rings is 1. The summed E-state index contributed by atoms with van der Waals surface area (Å²) >= 11 is 4.25. The van der Waals surface area contributed by atoms with E-state index in [2.05, 4.69) is 12.6 Å². The van der Waals surface area contributed by atoms with Crippen LogP contribution in [-0.4, -0.2) is 60.9 Å². The molecule has 0 N–H and O–H groups in total. The zero-order valence-corrected chi connectivity index (χ0v) is 11.1. The molecule has 0 saturated carbocycles. The first-order valence-electron chi connectivity index (χ1n) is 5.93. The molecule has 1 amide bonds. The largest absolute Gasteiger partial charge is 0.375 e. The predicted octanol–water partition coefficient (Wildman–Crippen LogP) is 0.293. The van der Waals surface area contributed by atoms with Crippen LogP contribution in [0.25, 0.3) is 0 Å². The Kier molecular flexibility index (Phi) is 4.30. The summed E-state index contributed by atoms with van der Waals surface area (Å²) in [6.45, 7) is 5.97. The van der Waals surface area contributed by atoms with Gasteiger partial charge in [0.05, 0.1) is 25.4 Å². The summed E-state index contributed by atoms with van der Waals surface area (Å²) in [6, 6.07) is 0. The van der Waals surface area contributed by atoms with E-state index in [9.17, 15) is 4.79 Å².